The van der Waals surface area contributed by atoms with E-state index in [1.807, 2.05) is 0 Å². The molecular formula is C22H34O3. The molecule has 0 aromatic heterocycles. The van der Waals surface area contributed by atoms with Crippen LogP contribution in [0.4, 0.5) is 0 Å². The average Bonchev–Trinajstić information content (AvgIpc) is 2.96. The van der Waals surface area contributed by atoms with Gasteiger partial charge in [-0.05, 0) is 81.5 Å². The van der Waals surface area contributed by atoms with Gasteiger partial charge in [0, 0.05) is 11.0 Å². The van der Waals surface area contributed by atoms with Crippen LogP contribution in [0.1, 0.15) is 78.1 Å². The normalized spacial score (nSPS) is 39.4. The Kier molecular flexibility index (Phi) is 4.50. The molecule has 5 fully saturated rings. The summed E-state index contributed by atoms with van der Waals surface area (Å²) < 4.78 is 12.4. The van der Waals surface area contributed by atoms with Crippen LogP contribution in [-0.4, -0.2) is 18.9 Å². The highest BCUT2D eigenvalue weighted by Crippen LogP contribution is 2.62. The van der Waals surface area contributed by atoms with E-state index in [1.165, 1.54) is 64.2 Å². The zero-order valence-electron chi connectivity index (χ0n) is 16.0. The molecule has 0 spiro atoms. The molecule has 0 aromatic carbocycles. The predicted molar refractivity (Wildman–Crippen MR) is 97.8 cm³/mol. The van der Waals surface area contributed by atoms with E-state index < -0.39 is 0 Å². The maximum atomic E-state index is 12.3. The fraction of sp³-hybridized carbons (Fsp3) is 0.864. The van der Waals surface area contributed by atoms with Gasteiger partial charge in [0.05, 0.1) is 6.61 Å². The van der Waals surface area contributed by atoms with Crippen LogP contribution in [0.5, 0.6) is 0 Å². The van der Waals surface area contributed by atoms with Gasteiger partial charge in [-0.15, -0.1) is 0 Å². The minimum Gasteiger partial charge on any atom is -0.432 e. The Morgan fingerprint density at radius 1 is 1.08 bits per heavy atom. The van der Waals surface area contributed by atoms with Crippen molar-refractivity contribution in [2.24, 2.45) is 28.6 Å². The van der Waals surface area contributed by atoms with E-state index in [2.05, 4.69) is 13.5 Å². The van der Waals surface area contributed by atoms with Crippen molar-refractivity contribution >= 4 is 5.97 Å². The van der Waals surface area contributed by atoms with Crippen LogP contribution in [0, 0.1) is 28.6 Å². The van der Waals surface area contributed by atoms with E-state index in [0.717, 1.165) is 24.4 Å². The first-order chi connectivity index (χ1) is 11.9. The summed E-state index contributed by atoms with van der Waals surface area (Å²) in [4.78, 5) is 12.3. The quantitative estimate of drug-likeness (QED) is 0.374. The number of esters is 1. The zero-order chi connectivity index (χ0) is 17.7. The largest absolute Gasteiger partial charge is 0.432 e. The van der Waals surface area contributed by atoms with Gasteiger partial charge in [-0.25, -0.2) is 4.79 Å². The van der Waals surface area contributed by atoms with Crippen LogP contribution in [-0.2, 0) is 14.3 Å². The maximum absolute atomic E-state index is 12.3. The van der Waals surface area contributed by atoms with Crippen LogP contribution in [0.25, 0.3) is 0 Å². The molecule has 0 amide bonds. The number of ether oxygens (including phenoxy) is 2. The smallest absolute Gasteiger partial charge is 0.335 e. The highest BCUT2D eigenvalue weighted by atomic mass is 16.7. The summed E-state index contributed by atoms with van der Waals surface area (Å²) in [5.41, 5.74) is 0.802. The monoisotopic (exact) mass is 346 g/mol. The SMILES string of the molecule is C=C(C)C(=O)OC(OCC1(C)CCCC1)C12CC3CC(CC(C3)C1)C2. The fourth-order valence-electron chi connectivity index (χ4n) is 6.65. The van der Waals surface area contributed by atoms with Gasteiger partial charge in [0.1, 0.15) is 0 Å². The van der Waals surface area contributed by atoms with Crippen molar-refractivity contribution in [1.82, 2.24) is 0 Å². The molecule has 0 heterocycles. The van der Waals surface area contributed by atoms with Gasteiger partial charge in [0.15, 0.2) is 0 Å². The molecule has 5 saturated carbocycles. The molecule has 0 aliphatic heterocycles. The standard InChI is InChI=1S/C22H34O3/c1-15(2)19(23)25-20(24-14-21(3)6-4-5-7-21)22-11-16-8-17(12-22)10-18(9-16)13-22/h16-18,20H,1,4-14H2,2-3H3. The average molecular weight is 347 g/mol. The lowest BCUT2D eigenvalue weighted by molar-refractivity contribution is -0.249. The second kappa shape index (κ2) is 6.40. The number of rotatable bonds is 6. The third-order valence-electron chi connectivity index (χ3n) is 7.54. The van der Waals surface area contributed by atoms with Gasteiger partial charge in [-0.1, -0.05) is 26.3 Å². The van der Waals surface area contributed by atoms with E-state index in [1.54, 1.807) is 6.92 Å². The maximum Gasteiger partial charge on any atom is 0.335 e. The Hall–Kier alpha value is -0.830. The molecule has 0 saturated heterocycles. The molecular weight excluding hydrogens is 312 g/mol. The van der Waals surface area contributed by atoms with Crippen LogP contribution in [0.15, 0.2) is 12.2 Å². The van der Waals surface area contributed by atoms with E-state index in [4.69, 9.17) is 9.47 Å². The summed E-state index contributed by atoms with van der Waals surface area (Å²) in [5.74, 6) is 2.19. The molecule has 3 nitrogen and oxygen atoms in total. The van der Waals surface area contributed by atoms with Crippen LogP contribution in [0.2, 0.25) is 0 Å². The highest BCUT2D eigenvalue weighted by Gasteiger charge is 2.56. The van der Waals surface area contributed by atoms with Gasteiger partial charge in [-0.2, -0.15) is 0 Å². The van der Waals surface area contributed by atoms with Crippen LogP contribution >= 0.6 is 0 Å². The zero-order valence-corrected chi connectivity index (χ0v) is 16.0. The first-order valence-electron chi connectivity index (χ1n) is 10.4. The molecule has 140 valence electrons. The van der Waals surface area contributed by atoms with E-state index in [9.17, 15) is 4.79 Å². The first-order valence-corrected chi connectivity index (χ1v) is 10.4. The Labute approximate surface area is 152 Å². The fourth-order valence-corrected chi connectivity index (χ4v) is 6.65. The van der Waals surface area contributed by atoms with Crippen molar-refractivity contribution < 1.29 is 14.3 Å². The summed E-state index contributed by atoms with van der Waals surface area (Å²) in [6.45, 7) is 8.56. The van der Waals surface area contributed by atoms with Crippen molar-refractivity contribution in [3.63, 3.8) is 0 Å². The Morgan fingerprint density at radius 2 is 1.60 bits per heavy atom. The summed E-state index contributed by atoms with van der Waals surface area (Å²) >= 11 is 0. The van der Waals surface area contributed by atoms with Crippen molar-refractivity contribution in [3.8, 4) is 0 Å². The van der Waals surface area contributed by atoms with E-state index in [-0.39, 0.29) is 23.1 Å². The second-order valence-corrected chi connectivity index (χ2v) is 10.1. The first kappa shape index (κ1) is 17.6. The summed E-state index contributed by atoms with van der Waals surface area (Å²) in [6, 6.07) is 0. The second-order valence-electron chi connectivity index (χ2n) is 10.1. The number of hydrogen-bond donors (Lipinski definition) is 0. The molecule has 5 aliphatic rings. The molecule has 0 N–H and O–H groups in total. The Bertz CT molecular complexity index is 508. The Morgan fingerprint density at radius 3 is 2.08 bits per heavy atom. The van der Waals surface area contributed by atoms with Crippen LogP contribution < -0.4 is 0 Å². The predicted octanol–water partition coefficient (Wildman–Crippen LogP) is 5.25. The number of hydrogen-bond acceptors (Lipinski definition) is 3. The summed E-state index contributed by atoms with van der Waals surface area (Å²) in [6.07, 6.45) is 12.4. The highest BCUT2D eigenvalue weighted by molar-refractivity contribution is 5.87. The summed E-state index contributed by atoms with van der Waals surface area (Å²) in [5, 5.41) is 0. The lowest BCUT2D eigenvalue weighted by Crippen LogP contribution is -2.54. The third-order valence-corrected chi connectivity index (χ3v) is 7.54. The molecule has 1 unspecified atom stereocenters. The van der Waals surface area contributed by atoms with Gasteiger partial charge >= 0.3 is 5.97 Å². The van der Waals surface area contributed by atoms with Crippen molar-refractivity contribution in [3.05, 3.63) is 12.2 Å². The minimum atomic E-state index is -0.373. The van der Waals surface area contributed by atoms with E-state index in [0.29, 0.717) is 5.57 Å². The van der Waals surface area contributed by atoms with Gasteiger partial charge < -0.3 is 9.47 Å². The molecule has 1 atom stereocenters. The lowest BCUT2D eigenvalue weighted by Gasteiger charge is -2.58. The summed E-state index contributed by atoms with van der Waals surface area (Å²) in [7, 11) is 0. The molecule has 5 rings (SSSR count). The molecule has 25 heavy (non-hydrogen) atoms. The van der Waals surface area contributed by atoms with Crippen molar-refractivity contribution in [1.29, 1.82) is 0 Å². The molecule has 0 radical (unpaired) electrons. The Balaban J connectivity index is 1.52. The van der Waals surface area contributed by atoms with Crippen LogP contribution in [0.3, 0.4) is 0 Å². The number of carbonyl (C=O) groups is 1. The van der Waals surface area contributed by atoms with E-state index >= 15 is 0 Å². The van der Waals surface area contributed by atoms with Crippen molar-refractivity contribution in [2.45, 2.75) is 84.3 Å². The molecule has 0 aromatic rings. The molecule has 4 bridgehead atoms. The van der Waals surface area contributed by atoms with Gasteiger partial charge in [0.25, 0.3) is 0 Å². The third kappa shape index (κ3) is 3.41. The van der Waals surface area contributed by atoms with Crippen molar-refractivity contribution in [2.75, 3.05) is 6.61 Å². The minimum absolute atomic E-state index is 0.0643. The topological polar surface area (TPSA) is 35.5 Å². The van der Waals surface area contributed by atoms with Gasteiger partial charge in [0.2, 0.25) is 6.29 Å². The number of carbonyl (C=O) groups excluding carboxylic acids is 1. The molecule has 5 aliphatic carbocycles. The van der Waals surface area contributed by atoms with Gasteiger partial charge in [-0.3, -0.25) is 0 Å². The lowest BCUT2D eigenvalue weighted by atomic mass is 9.49. The molecule has 3 heteroatoms.